The lowest BCUT2D eigenvalue weighted by Gasteiger charge is -2.30. The van der Waals surface area contributed by atoms with Crippen molar-refractivity contribution in [2.24, 2.45) is 5.73 Å². The third-order valence-corrected chi connectivity index (χ3v) is 2.43. The largest absolute Gasteiger partial charge is 0.375 e. The zero-order chi connectivity index (χ0) is 11.3. The highest BCUT2D eigenvalue weighted by Crippen LogP contribution is 2.09. The lowest BCUT2D eigenvalue weighted by Crippen LogP contribution is -2.49. The summed E-state index contributed by atoms with van der Waals surface area (Å²) in [6.45, 7) is 8.23. The summed E-state index contributed by atoms with van der Waals surface area (Å²) in [5.74, 6) is 0.0557. The minimum absolute atomic E-state index is 0.0557. The van der Waals surface area contributed by atoms with Crippen molar-refractivity contribution in [2.75, 3.05) is 26.3 Å². The molecule has 0 bridgehead atoms. The second-order valence-corrected chi connectivity index (χ2v) is 4.08. The van der Waals surface area contributed by atoms with E-state index in [2.05, 4.69) is 6.58 Å². The van der Waals surface area contributed by atoms with E-state index < -0.39 is 0 Å². The molecular weight excluding hydrogens is 192 g/mol. The molecule has 0 radical (unpaired) electrons. The smallest absolute Gasteiger partial charge is 0.239 e. The van der Waals surface area contributed by atoms with Gasteiger partial charge < -0.3 is 15.4 Å². The maximum absolute atomic E-state index is 11.6. The molecule has 1 unspecified atom stereocenters. The van der Waals surface area contributed by atoms with Gasteiger partial charge in [0, 0.05) is 13.1 Å². The fraction of sp³-hybridized carbons (Fsp3) is 0.727. The van der Waals surface area contributed by atoms with E-state index in [1.54, 1.807) is 4.90 Å². The molecule has 1 aliphatic rings. The van der Waals surface area contributed by atoms with Gasteiger partial charge in [-0.25, -0.2) is 0 Å². The van der Waals surface area contributed by atoms with Crippen LogP contribution in [0.5, 0.6) is 0 Å². The van der Waals surface area contributed by atoms with Gasteiger partial charge in [-0.1, -0.05) is 12.2 Å². The van der Waals surface area contributed by atoms with E-state index in [-0.39, 0.29) is 11.9 Å². The molecule has 1 amide bonds. The molecule has 1 saturated heterocycles. The summed E-state index contributed by atoms with van der Waals surface area (Å²) < 4.78 is 5.35. The Bertz CT molecular complexity index is 241. The van der Waals surface area contributed by atoms with E-state index in [1.165, 1.54) is 0 Å². The molecule has 4 heteroatoms. The van der Waals surface area contributed by atoms with Crippen molar-refractivity contribution in [1.29, 1.82) is 0 Å². The van der Waals surface area contributed by atoms with Crippen molar-refractivity contribution in [3.8, 4) is 0 Å². The van der Waals surface area contributed by atoms with Gasteiger partial charge in [-0.15, -0.1) is 0 Å². The van der Waals surface area contributed by atoms with Crippen LogP contribution in [0.2, 0.25) is 0 Å². The van der Waals surface area contributed by atoms with E-state index >= 15 is 0 Å². The highest BCUT2D eigenvalue weighted by atomic mass is 16.5. The van der Waals surface area contributed by atoms with Crippen LogP contribution in [0, 0.1) is 0 Å². The standard InChI is InChI=1S/C11H20N2O2/c1-9(2)8-15-7-6-13-5-3-4-10(12)11(13)14/h10H,1,3-8,12H2,2H3. The Balaban J connectivity index is 2.20. The summed E-state index contributed by atoms with van der Waals surface area (Å²) in [6.07, 6.45) is 1.80. The summed E-state index contributed by atoms with van der Waals surface area (Å²) in [4.78, 5) is 13.4. The molecule has 0 aromatic carbocycles. The number of rotatable bonds is 5. The number of piperidine rings is 1. The molecule has 0 aromatic heterocycles. The van der Waals surface area contributed by atoms with E-state index in [1.807, 2.05) is 6.92 Å². The molecule has 1 rings (SSSR count). The maximum Gasteiger partial charge on any atom is 0.239 e. The van der Waals surface area contributed by atoms with Gasteiger partial charge in [-0.05, 0) is 19.8 Å². The van der Waals surface area contributed by atoms with E-state index in [0.29, 0.717) is 19.8 Å². The van der Waals surface area contributed by atoms with Gasteiger partial charge in [-0.3, -0.25) is 4.79 Å². The van der Waals surface area contributed by atoms with Crippen LogP contribution in [0.15, 0.2) is 12.2 Å². The van der Waals surface area contributed by atoms with Gasteiger partial charge in [0.15, 0.2) is 0 Å². The zero-order valence-corrected chi connectivity index (χ0v) is 9.37. The molecule has 1 heterocycles. The molecule has 2 N–H and O–H groups in total. The number of carbonyl (C=O) groups excluding carboxylic acids is 1. The number of nitrogens with zero attached hydrogens (tertiary/aromatic N) is 1. The second kappa shape index (κ2) is 5.88. The van der Waals surface area contributed by atoms with Crippen LogP contribution in [0.1, 0.15) is 19.8 Å². The fourth-order valence-corrected chi connectivity index (χ4v) is 1.61. The first kappa shape index (κ1) is 12.2. The van der Waals surface area contributed by atoms with Gasteiger partial charge >= 0.3 is 0 Å². The number of carbonyl (C=O) groups is 1. The molecular formula is C11H20N2O2. The van der Waals surface area contributed by atoms with Crippen LogP contribution >= 0.6 is 0 Å². The summed E-state index contributed by atoms with van der Waals surface area (Å²) in [5, 5.41) is 0. The molecule has 0 saturated carbocycles. The van der Waals surface area contributed by atoms with Crippen molar-refractivity contribution in [3.63, 3.8) is 0 Å². The first-order valence-corrected chi connectivity index (χ1v) is 5.37. The Labute approximate surface area is 91.1 Å². The van der Waals surface area contributed by atoms with Crippen LogP contribution in [-0.2, 0) is 9.53 Å². The third kappa shape index (κ3) is 4.01. The highest BCUT2D eigenvalue weighted by molar-refractivity contribution is 5.82. The van der Waals surface area contributed by atoms with Crippen LogP contribution < -0.4 is 5.73 Å². The Morgan fingerprint density at radius 3 is 3.13 bits per heavy atom. The van der Waals surface area contributed by atoms with Crippen molar-refractivity contribution >= 4 is 5.91 Å². The first-order valence-electron chi connectivity index (χ1n) is 5.37. The fourth-order valence-electron chi connectivity index (χ4n) is 1.61. The number of amides is 1. The Morgan fingerprint density at radius 1 is 1.73 bits per heavy atom. The van der Waals surface area contributed by atoms with Gasteiger partial charge in [0.25, 0.3) is 0 Å². The van der Waals surface area contributed by atoms with E-state index in [4.69, 9.17) is 10.5 Å². The van der Waals surface area contributed by atoms with Crippen molar-refractivity contribution in [1.82, 2.24) is 4.90 Å². The molecule has 4 nitrogen and oxygen atoms in total. The number of hydrogen-bond donors (Lipinski definition) is 1. The quantitative estimate of drug-likeness (QED) is 0.534. The van der Waals surface area contributed by atoms with Gasteiger partial charge in [-0.2, -0.15) is 0 Å². The minimum Gasteiger partial charge on any atom is -0.375 e. The summed E-state index contributed by atoms with van der Waals surface area (Å²) >= 11 is 0. The number of nitrogens with two attached hydrogens (primary N) is 1. The average Bonchev–Trinajstić information content (AvgIpc) is 2.18. The van der Waals surface area contributed by atoms with E-state index in [0.717, 1.165) is 25.0 Å². The van der Waals surface area contributed by atoms with Crippen LogP contribution in [-0.4, -0.2) is 43.2 Å². The first-order chi connectivity index (χ1) is 7.11. The van der Waals surface area contributed by atoms with Crippen LogP contribution in [0.3, 0.4) is 0 Å². The summed E-state index contributed by atoms with van der Waals surface area (Å²) in [7, 11) is 0. The van der Waals surface area contributed by atoms with Gasteiger partial charge in [0.1, 0.15) is 0 Å². The molecule has 0 aliphatic carbocycles. The molecule has 0 spiro atoms. The summed E-state index contributed by atoms with van der Waals surface area (Å²) in [6, 6.07) is -0.306. The topological polar surface area (TPSA) is 55.6 Å². The minimum atomic E-state index is -0.306. The molecule has 1 aliphatic heterocycles. The summed E-state index contributed by atoms with van der Waals surface area (Å²) in [5.41, 5.74) is 6.67. The van der Waals surface area contributed by atoms with Gasteiger partial charge in [0.05, 0.1) is 19.3 Å². The molecule has 1 fully saturated rings. The Morgan fingerprint density at radius 2 is 2.47 bits per heavy atom. The van der Waals surface area contributed by atoms with Crippen LogP contribution in [0.4, 0.5) is 0 Å². The van der Waals surface area contributed by atoms with E-state index in [9.17, 15) is 4.79 Å². The molecule has 0 aromatic rings. The number of ether oxygens (including phenoxy) is 1. The average molecular weight is 212 g/mol. The predicted octanol–water partition coefficient (Wildman–Crippen LogP) is 0.529. The Kier molecular flexibility index (Phi) is 4.78. The normalized spacial score (nSPS) is 21.9. The van der Waals surface area contributed by atoms with Crippen molar-refractivity contribution in [2.45, 2.75) is 25.8 Å². The highest BCUT2D eigenvalue weighted by Gasteiger charge is 2.24. The van der Waals surface area contributed by atoms with Crippen molar-refractivity contribution < 1.29 is 9.53 Å². The number of likely N-dealkylation sites (tertiary alicyclic amines) is 1. The molecule has 1 atom stereocenters. The Hall–Kier alpha value is -0.870. The second-order valence-electron chi connectivity index (χ2n) is 4.08. The lowest BCUT2D eigenvalue weighted by atomic mass is 10.1. The van der Waals surface area contributed by atoms with Gasteiger partial charge in [0.2, 0.25) is 5.91 Å². The number of hydrogen-bond acceptors (Lipinski definition) is 3. The predicted molar refractivity (Wildman–Crippen MR) is 59.4 cm³/mol. The third-order valence-electron chi connectivity index (χ3n) is 2.43. The molecule has 15 heavy (non-hydrogen) atoms. The monoisotopic (exact) mass is 212 g/mol. The van der Waals surface area contributed by atoms with Crippen molar-refractivity contribution in [3.05, 3.63) is 12.2 Å². The zero-order valence-electron chi connectivity index (χ0n) is 9.37. The maximum atomic E-state index is 11.6. The SMILES string of the molecule is C=C(C)COCCN1CCCC(N)C1=O. The lowest BCUT2D eigenvalue weighted by molar-refractivity contribution is -0.135. The molecule has 86 valence electrons. The van der Waals surface area contributed by atoms with Crippen LogP contribution in [0.25, 0.3) is 0 Å².